The molecule has 1 rings (SSSR count). The van der Waals surface area contributed by atoms with Crippen LogP contribution in [-0.4, -0.2) is 27.6 Å². The van der Waals surface area contributed by atoms with Gasteiger partial charge in [-0.15, -0.1) is 0 Å². The minimum absolute atomic E-state index is 0.266. The van der Waals surface area contributed by atoms with Gasteiger partial charge in [0.15, 0.2) is 0 Å². The summed E-state index contributed by atoms with van der Waals surface area (Å²) in [6, 6.07) is 1.26. The molecule has 1 unspecified atom stereocenters. The van der Waals surface area contributed by atoms with Crippen molar-refractivity contribution >= 4 is 11.9 Å². The number of nitrogens with zero attached hydrogens (tertiary/aromatic N) is 1. The third-order valence-electron chi connectivity index (χ3n) is 3.43. The van der Waals surface area contributed by atoms with Crippen LogP contribution in [0.15, 0.2) is 6.07 Å². The number of aliphatic carboxylic acids is 1. The summed E-state index contributed by atoms with van der Waals surface area (Å²) >= 11 is 0. The maximum Gasteiger partial charge on any atom is 0.326 e. The van der Waals surface area contributed by atoms with Crippen molar-refractivity contribution in [2.75, 3.05) is 0 Å². The van der Waals surface area contributed by atoms with Gasteiger partial charge in [-0.2, -0.15) is 0 Å². The van der Waals surface area contributed by atoms with Crippen LogP contribution in [0, 0.1) is 13.8 Å². The lowest BCUT2D eigenvalue weighted by atomic mass is 10.1. The molecule has 1 amide bonds. The SMILES string of the molecule is CCCC(NC(=O)c1cc(C)n(C(C)C)c1C)C(=O)O. The highest BCUT2D eigenvalue weighted by atomic mass is 16.4. The van der Waals surface area contributed by atoms with E-state index in [0.29, 0.717) is 18.4 Å². The molecule has 1 aromatic heterocycles. The lowest BCUT2D eigenvalue weighted by Crippen LogP contribution is -2.40. The molecule has 0 bridgehead atoms. The summed E-state index contributed by atoms with van der Waals surface area (Å²) in [7, 11) is 0. The van der Waals surface area contributed by atoms with Crippen molar-refractivity contribution in [1.82, 2.24) is 9.88 Å². The van der Waals surface area contributed by atoms with E-state index in [1.807, 2.05) is 26.8 Å². The zero-order chi connectivity index (χ0) is 15.4. The van der Waals surface area contributed by atoms with Gasteiger partial charge in [0, 0.05) is 17.4 Å². The second-order valence-corrected chi connectivity index (χ2v) is 5.40. The minimum Gasteiger partial charge on any atom is -0.480 e. The van der Waals surface area contributed by atoms with E-state index in [9.17, 15) is 9.59 Å². The number of hydrogen-bond acceptors (Lipinski definition) is 2. The lowest BCUT2D eigenvalue weighted by Gasteiger charge is -2.15. The summed E-state index contributed by atoms with van der Waals surface area (Å²) in [6.45, 7) is 9.84. The Balaban J connectivity index is 2.98. The predicted molar refractivity (Wildman–Crippen MR) is 78.1 cm³/mol. The summed E-state index contributed by atoms with van der Waals surface area (Å²) in [5, 5.41) is 11.7. The third-order valence-corrected chi connectivity index (χ3v) is 3.43. The summed E-state index contributed by atoms with van der Waals surface area (Å²) in [5.41, 5.74) is 2.43. The van der Waals surface area contributed by atoms with Crippen LogP contribution in [0.25, 0.3) is 0 Å². The van der Waals surface area contributed by atoms with Crippen LogP contribution in [0.1, 0.15) is 61.4 Å². The number of carbonyl (C=O) groups excluding carboxylic acids is 1. The molecule has 0 aliphatic rings. The summed E-state index contributed by atoms with van der Waals surface area (Å²) in [4.78, 5) is 23.4. The molecule has 0 saturated heterocycles. The van der Waals surface area contributed by atoms with Gasteiger partial charge in [-0.1, -0.05) is 13.3 Å². The normalized spacial score (nSPS) is 12.5. The Morgan fingerprint density at radius 3 is 2.35 bits per heavy atom. The van der Waals surface area contributed by atoms with Crippen LogP contribution >= 0.6 is 0 Å². The van der Waals surface area contributed by atoms with Gasteiger partial charge in [-0.05, 0) is 40.2 Å². The Morgan fingerprint density at radius 1 is 1.35 bits per heavy atom. The van der Waals surface area contributed by atoms with Crippen LogP contribution in [0.4, 0.5) is 0 Å². The van der Waals surface area contributed by atoms with Crippen LogP contribution in [-0.2, 0) is 4.79 Å². The van der Waals surface area contributed by atoms with Gasteiger partial charge < -0.3 is 15.0 Å². The summed E-state index contributed by atoms with van der Waals surface area (Å²) in [5.74, 6) is -1.30. The summed E-state index contributed by atoms with van der Waals surface area (Å²) in [6.07, 6.45) is 1.15. The fourth-order valence-corrected chi connectivity index (χ4v) is 2.58. The van der Waals surface area contributed by atoms with Crippen molar-refractivity contribution in [2.24, 2.45) is 0 Å². The van der Waals surface area contributed by atoms with Gasteiger partial charge in [0.1, 0.15) is 6.04 Å². The first-order valence-corrected chi connectivity index (χ1v) is 7.01. The number of nitrogens with one attached hydrogen (secondary N) is 1. The van der Waals surface area contributed by atoms with Crippen molar-refractivity contribution in [3.05, 3.63) is 23.0 Å². The molecule has 0 saturated carbocycles. The highest BCUT2D eigenvalue weighted by Crippen LogP contribution is 2.20. The quantitative estimate of drug-likeness (QED) is 0.841. The molecule has 0 radical (unpaired) electrons. The van der Waals surface area contributed by atoms with E-state index in [2.05, 4.69) is 23.7 Å². The Kier molecular flexibility index (Phi) is 5.36. The van der Waals surface area contributed by atoms with Gasteiger partial charge in [-0.3, -0.25) is 4.79 Å². The molecule has 1 atom stereocenters. The lowest BCUT2D eigenvalue weighted by molar-refractivity contribution is -0.139. The first-order valence-electron chi connectivity index (χ1n) is 7.01. The fourth-order valence-electron chi connectivity index (χ4n) is 2.58. The first kappa shape index (κ1) is 16.3. The molecule has 1 aromatic rings. The number of carbonyl (C=O) groups is 2. The van der Waals surface area contributed by atoms with Gasteiger partial charge >= 0.3 is 5.97 Å². The molecular weight excluding hydrogens is 256 g/mol. The minimum atomic E-state index is -0.988. The Morgan fingerprint density at radius 2 is 1.95 bits per heavy atom. The number of aryl methyl sites for hydroxylation is 1. The molecule has 20 heavy (non-hydrogen) atoms. The average Bonchev–Trinajstić information content (AvgIpc) is 2.63. The summed E-state index contributed by atoms with van der Waals surface area (Å²) < 4.78 is 2.07. The molecule has 1 heterocycles. The molecule has 5 heteroatoms. The maximum atomic E-state index is 12.3. The van der Waals surface area contributed by atoms with Crippen molar-refractivity contribution in [3.8, 4) is 0 Å². The van der Waals surface area contributed by atoms with Gasteiger partial charge in [-0.25, -0.2) is 4.79 Å². The topological polar surface area (TPSA) is 71.3 Å². The van der Waals surface area contributed by atoms with Crippen LogP contribution in [0.2, 0.25) is 0 Å². The van der Waals surface area contributed by atoms with Crippen LogP contribution < -0.4 is 5.32 Å². The number of rotatable bonds is 6. The van der Waals surface area contributed by atoms with E-state index in [0.717, 1.165) is 11.4 Å². The van der Waals surface area contributed by atoms with Crippen LogP contribution in [0.3, 0.4) is 0 Å². The number of carboxylic acid groups (broad SMARTS) is 1. The van der Waals surface area contributed by atoms with E-state index < -0.39 is 12.0 Å². The number of aromatic nitrogens is 1. The van der Waals surface area contributed by atoms with Crippen molar-refractivity contribution in [3.63, 3.8) is 0 Å². The zero-order valence-corrected chi connectivity index (χ0v) is 12.9. The molecule has 0 aliphatic carbocycles. The van der Waals surface area contributed by atoms with E-state index in [-0.39, 0.29) is 11.9 Å². The van der Waals surface area contributed by atoms with Gasteiger partial charge in [0.25, 0.3) is 5.91 Å². The van der Waals surface area contributed by atoms with E-state index in [1.165, 1.54) is 0 Å². The van der Waals surface area contributed by atoms with E-state index >= 15 is 0 Å². The fraction of sp³-hybridized carbons (Fsp3) is 0.600. The van der Waals surface area contributed by atoms with Crippen molar-refractivity contribution in [1.29, 1.82) is 0 Å². The third kappa shape index (κ3) is 3.40. The van der Waals surface area contributed by atoms with Crippen molar-refractivity contribution in [2.45, 2.75) is 59.5 Å². The second kappa shape index (κ2) is 6.59. The predicted octanol–water partition coefficient (Wildman–Crippen LogP) is 2.67. The molecule has 0 aromatic carbocycles. The highest BCUT2D eigenvalue weighted by Gasteiger charge is 2.23. The van der Waals surface area contributed by atoms with Crippen LogP contribution in [0.5, 0.6) is 0 Å². The Hall–Kier alpha value is -1.78. The first-order chi connectivity index (χ1) is 9.29. The maximum absolute atomic E-state index is 12.3. The molecule has 0 aliphatic heterocycles. The molecular formula is C15H24N2O3. The molecule has 5 nitrogen and oxygen atoms in total. The van der Waals surface area contributed by atoms with Gasteiger partial charge in [0.05, 0.1) is 5.56 Å². The smallest absolute Gasteiger partial charge is 0.326 e. The standard InChI is InChI=1S/C15H24N2O3/c1-6-7-13(15(19)20)16-14(18)12-8-10(4)17(9(2)3)11(12)5/h8-9,13H,6-7H2,1-5H3,(H,16,18)(H,19,20). The zero-order valence-electron chi connectivity index (χ0n) is 12.9. The Labute approximate surface area is 120 Å². The molecule has 112 valence electrons. The number of amides is 1. The average molecular weight is 280 g/mol. The number of hydrogen-bond donors (Lipinski definition) is 2. The molecule has 2 N–H and O–H groups in total. The highest BCUT2D eigenvalue weighted by molar-refractivity contribution is 5.97. The monoisotopic (exact) mass is 280 g/mol. The van der Waals surface area contributed by atoms with Crippen molar-refractivity contribution < 1.29 is 14.7 Å². The largest absolute Gasteiger partial charge is 0.480 e. The van der Waals surface area contributed by atoms with Gasteiger partial charge in [0.2, 0.25) is 0 Å². The molecule has 0 spiro atoms. The van der Waals surface area contributed by atoms with E-state index in [1.54, 1.807) is 0 Å². The Bertz CT molecular complexity index is 503. The second-order valence-electron chi connectivity index (χ2n) is 5.40. The molecule has 0 fully saturated rings. The number of carboxylic acids is 1. The van der Waals surface area contributed by atoms with E-state index in [4.69, 9.17) is 5.11 Å².